The van der Waals surface area contributed by atoms with Crippen LogP contribution < -0.4 is 0 Å². The van der Waals surface area contributed by atoms with Gasteiger partial charge < -0.3 is 0 Å². The second kappa shape index (κ2) is 10.2. The molecule has 0 bridgehead atoms. The van der Waals surface area contributed by atoms with Gasteiger partial charge in [-0.3, -0.25) is 4.79 Å². The standard InChI is InChI=1S/C14H10ClO.C5H5.Fe/c15-13-8-4-3-7-12(13)14(16)10-9-11-5-1-2-6-11;1-2-4-5-3-1;/h1-10H;1-5H;/b10-9+;;. The molecule has 112 valence electrons. The first-order valence-electron chi connectivity index (χ1n) is 6.63. The first-order chi connectivity index (χ1) is 10.3. The van der Waals surface area contributed by atoms with Gasteiger partial charge >= 0.3 is 0 Å². The Labute approximate surface area is 147 Å². The van der Waals surface area contributed by atoms with Gasteiger partial charge in [0.1, 0.15) is 0 Å². The minimum absolute atomic E-state index is 0. The van der Waals surface area contributed by atoms with E-state index < -0.39 is 0 Å². The van der Waals surface area contributed by atoms with E-state index in [2.05, 4.69) is 0 Å². The molecule has 0 amide bonds. The van der Waals surface area contributed by atoms with Gasteiger partial charge in [-0.1, -0.05) is 72.3 Å². The molecule has 2 aliphatic carbocycles. The van der Waals surface area contributed by atoms with E-state index in [0.717, 1.165) is 5.57 Å². The van der Waals surface area contributed by atoms with Crippen LogP contribution in [-0.4, -0.2) is 5.78 Å². The molecule has 0 saturated heterocycles. The number of allylic oxidation sites excluding steroid dienone is 10. The summed E-state index contributed by atoms with van der Waals surface area (Å²) in [5.41, 5.74) is 1.55. The largest absolute Gasteiger partial charge is 0.289 e. The Hall–Kier alpha value is -1.60. The first kappa shape index (κ1) is 18.4. The van der Waals surface area contributed by atoms with Crippen LogP contribution in [0.4, 0.5) is 0 Å². The number of halogens is 1. The maximum atomic E-state index is 11.8. The second-order valence-electron chi connectivity index (χ2n) is 4.36. The fourth-order valence-corrected chi connectivity index (χ4v) is 1.97. The van der Waals surface area contributed by atoms with Crippen molar-refractivity contribution in [3.63, 3.8) is 0 Å². The molecule has 0 spiro atoms. The molecule has 2 aliphatic rings. The average Bonchev–Trinajstić information content (AvgIpc) is 3.21. The third kappa shape index (κ3) is 6.03. The number of benzene rings is 1. The summed E-state index contributed by atoms with van der Waals surface area (Å²) in [4.78, 5) is 11.8. The summed E-state index contributed by atoms with van der Waals surface area (Å²) in [6, 6.07) is 7.04. The van der Waals surface area contributed by atoms with Gasteiger partial charge in [0.2, 0.25) is 0 Å². The van der Waals surface area contributed by atoms with Crippen LogP contribution >= 0.6 is 11.6 Å². The molecule has 0 saturated carbocycles. The van der Waals surface area contributed by atoms with Crippen molar-refractivity contribution in [3.8, 4) is 0 Å². The fourth-order valence-electron chi connectivity index (χ4n) is 1.74. The topological polar surface area (TPSA) is 17.1 Å². The molecular formula is C19H15ClFeO. The van der Waals surface area contributed by atoms with E-state index >= 15 is 0 Å². The number of hydrogen-bond acceptors (Lipinski definition) is 1. The normalized spacial score (nSPS) is 14.5. The number of ketones is 1. The molecule has 0 aliphatic heterocycles. The zero-order valence-electron chi connectivity index (χ0n) is 11.8. The van der Waals surface area contributed by atoms with Crippen LogP contribution in [-0.2, 0) is 17.1 Å². The van der Waals surface area contributed by atoms with Crippen molar-refractivity contribution in [1.82, 2.24) is 0 Å². The molecule has 0 N–H and O–H groups in total. The molecule has 0 atom stereocenters. The molecule has 1 aromatic rings. The molecule has 0 heterocycles. The molecule has 3 heteroatoms. The van der Waals surface area contributed by atoms with Crippen molar-refractivity contribution in [1.29, 1.82) is 0 Å². The van der Waals surface area contributed by atoms with Crippen LogP contribution in [0, 0.1) is 12.8 Å². The third-order valence-corrected chi connectivity index (χ3v) is 3.14. The predicted octanol–water partition coefficient (Wildman–Crippen LogP) is 5.09. The Balaban J connectivity index is 0.000000344. The monoisotopic (exact) mass is 350 g/mol. The molecule has 0 unspecified atom stereocenters. The van der Waals surface area contributed by atoms with Crippen LogP contribution in [0.25, 0.3) is 0 Å². The Morgan fingerprint density at radius 3 is 2.23 bits per heavy atom. The van der Waals surface area contributed by atoms with E-state index in [9.17, 15) is 4.79 Å². The summed E-state index contributed by atoms with van der Waals surface area (Å²) >= 11 is 5.93. The van der Waals surface area contributed by atoms with E-state index in [4.69, 9.17) is 11.6 Å². The van der Waals surface area contributed by atoms with E-state index in [0.29, 0.717) is 10.6 Å². The minimum Gasteiger partial charge on any atom is -0.289 e. The van der Waals surface area contributed by atoms with Gasteiger partial charge in [-0.2, -0.15) is 0 Å². The Morgan fingerprint density at radius 1 is 0.955 bits per heavy atom. The SMILES string of the molecule is O=C(/C=C/C1=CC=C[CH]1)c1ccccc1Cl.[CH]1C=CC=C1.[Fe]. The summed E-state index contributed by atoms with van der Waals surface area (Å²) in [6.07, 6.45) is 21.1. The number of carbonyl (C=O) groups excluding carboxylic acids is 1. The maximum absolute atomic E-state index is 11.8. The van der Waals surface area contributed by atoms with Gasteiger partial charge in [0.15, 0.2) is 5.78 Å². The molecule has 0 aromatic heterocycles. The quantitative estimate of drug-likeness (QED) is 0.421. The summed E-state index contributed by atoms with van der Waals surface area (Å²) < 4.78 is 0. The average molecular weight is 351 g/mol. The number of rotatable bonds is 3. The van der Waals surface area contributed by atoms with Gasteiger partial charge in [-0.25, -0.2) is 0 Å². The van der Waals surface area contributed by atoms with Crippen LogP contribution in [0.15, 0.2) is 84.5 Å². The van der Waals surface area contributed by atoms with E-state index in [1.54, 1.807) is 30.3 Å². The maximum Gasteiger partial charge on any atom is 0.187 e. The summed E-state index contributed by atoms with van der Waals surface area (Å²) in [5, 5.41) is 0.486. The fraction of sp³-hybridized carbons (Fsp3) is 0. The molecule has 2 radical (unpaired) electrons. The second-order valence-corrected chi connectivity index (χ2v) is 4.77. The van der Waals surface area contributed by atoms with E-state index in [1.165, 1.54) is 6.08 Å². The minimum atomic E-state index is -0.0770. The van der Waals surface area contributed by atoms with Crippen molar-refractivity contribution >= 4 is 17.4 Å². The van der Waals surface area contributed by atoms with Crippen molar-refractivity contribution in [2.75, 3.05) is 0 Å². The molecule has 0 fully saturated rings. The summed E-state index contributed by atoms with van der Waals surface area (Å²) in [7, 11) is 0. The molecule has 3 rings (SSSR count). The zero-order valence-corrected chi connectivity index (χ0v) is 13.7. The van der Waals surface area contributed by atoms with Crippen molar-refractivity contribution in [2.24, 2.45) is 0 Å². The van der Waals surface area contributed by atoms with Crippen LogP contribution in [0.2, 0.25) is 5.02 Å². The van der Waals surface area contributed by atoms with Gasteiger partial charge in [-0.15, -0.1) is 0 Å². The van der Waals surface area contributed by atoms with E-state index in [-0.39, 0.29) is 22.9 Å². The molecule has 22 heavy (non-hydrogen) atoms. The molecule has 1 aromatic carbocycles. The summed E-state index contributed by atoms with van der Waals surface area (Å²) in [6.45, 7) is 0. The first-order valence-corrected chi connectivity index (χ1v) is 7.00. The Bertz CT molecular complexity index is 641. The van der Waals surface area contributed by atoms with Gasteiger partial charge in [0.05, 0.1) is 5.02 Å². The van der Waals surface area contributed by atoms with E-state index in [1.807, 2.05) is 55.4 Å². The molecular weight excluding hydrogens is 336 g/mol. The Morgan fingerprint density at radius 2 is 1.68 bits per heavy atom. The smallest absolute Gasteiger partial charge is 0.187 e. The van der Waals surface area contributed by atoms with Crippen LogP contribution in [0.3, 0.4) is 0 Å². The summed E-state index contributed by atoms with van der Waals surface area (Å²) in [5.74, 6) is -0.0770. The van der Waals surface area contributed by atoms with Crippen LogP contribution in [0.1, 0.15) is 10.4 Å². The van der Waals surface area contributed by atoms with Gasteiger partial charge in [-0.05, 0) is 23.8 Å². The van der Waals surface area contributed by atoms with Gasteiger partial charge in [0, 0.05) is 35.5 Å². The van der Waals surface area contributed by atoms with Crippen LogP contribution in [0.5, 0.6) is 0 Å². The van der Waals surface area contributed by atoms with Gasteiger partial charge in [0.25, 0.3) is 0 Å². The number of carbonyl (C=O) groups is 1. The zero-order chi connectivity index (χ0) is 14.9. The number of hydrogen-bond donors (Lipinski definition) is 0. The third-order valence-electron chi connectivity index (χ3n) is 2.81. The Kier molecular flexibility index (Phi) is 8.54. The predicted molar refractivity (Wildman–Crippen MR) is 89.0 cm³/mol. The molecule has 1 nitrogen and oxygen atoms in total. The van der Waals surface area contributed by atoms with Crippen molar-refractivity contribution < 1.29 is 21.9 Å². The van der Waals surface area contributed by atoms with Crippen molar-refractivity contribution in [2.45, 2.75) is 0 Å². The van der Waals surface area contributed by atoms with Crippen molar-refractivity contribution in [3.05, 3.63) is 108 Å².